The molecular weight excluding hydrogens is 450 g/mol. The Morgan fingerprint density at radius 2 is 1.71 bits per heavy atom. The number of carbonyl (C=O) groups is 1. The first-order chi connectivity index (χ1) is 16.6. The minimum atomic E-state index is -0.330. The average molecular weight is 476 g/mol. The van der Waals surface area contributed by atoms with Crippen LogP contribution in [0.2, 0.25) is 5.02 Å². The number of carbonyl (C=O) groups excluding carboxylic acids is 1. The summed E-state index contributed by atoms with van der Waals surface area (Å²) in [6.45, 7) is 1.74. The van der Waals surface area contributed by atoms with Crippen LogP contribution in [0.5, 0.6) is 5.75 Å². The zero-order chi connectivity index (χ0) is 23.4. The molecule has 3 aromatic carbocycles. The summed E-state index contributed by atoms with van der Waals surface area (Å²) >= 11 is 5.99. The molecule has 7 heteroatoms. The maximum atomic E-state index is 12.8. The van der Waals surface area contributed by atoms with Gasteiger partial charge in [0.25, 0.3) is 0 Å². The van der Waals surface area contributed by atoms with Crippen LogP contribution in [0.4, 0.5) is 10.5 Å². The summed E-state index contributed by atoms with van der Waals surface area (Å²) in [5, 5.41) is 8.02. The number of piperidine rings is 1. The molecule has 5 rings (SSSR count). The number of hydrogen-bond acceptors (Lipinski definition) is 4. The van der Waals surface area contributed by atoms with Gasteiger partial charge in [-0.25, -0.2) is 4.79 Å². The quantitative estimate of drug-likeness (QED) is 0.484. The van der Waals surface area contributed by atoms with Crippen molar-refractivity contribution in [1.29, 1.82) is 0 Å². The van der Waals surface area contributed by atoms with Crippen molar-refractivity contribution >= 4 is 29.0 Å². The van der Waals surface area contributed by atoms with Crippen LogP contribution < -0.4 is 10.1 Å². The van der Waals surface area contributed by atoms with Crippen molar-refractivity contribution in [2.24, 2.45) is 5.16 Å². The number of oxime groups is 1. The molecule has 2 heterocycles. The Hall–Kier alpha value is -3.51. The van der Waals surface area contributed by atoms with Crippen LogP contribution in [0.3, 0.4) is 0 Å². The van der Waals surface area contributed by atoms with E-state index in [1.54, 1.807) is 0 Å². The Balaban J connectivity index is 1.10. The van der Waals surface area contributed by atoms with E-state index in [0.29, 0.717) is 24.7 Å². The minimum Gasteiger partial charge on any atom is -0.489 e. The summed E-state index contributed by atoms with van der Waals surface area (Å²) in [4.78, 5) is 20.5. The Labute approximate surface area is 204 Å². The maximum absolute atomic E-state index is 12.8. The molecule has 6 nitrogen and oxygen atoms in total. The summed E-state index contributed by atoms with van der Waals surface area (Å²) in [6, 6.07) is 25.0. The van der Waals surface area contributed by atoms with Crippen molar-refractivity contribution in [1.82, 2.24) is 4.90 Å². The van der Waals surface area contributed by atoms with E-state index in [1.807, 2.05) is 83.8 Å². The highest BCUT2D eigenvalue weighted by atomic mass is 35.5. The lowest BCUT2D eigenvalue weighted by molar-refractivity contribution is -0.0544. The molecule has 2 amide bonds. The van der Waals surface area contributed by atoms with Crippen LogP contribution in [0.1, 0.15) is 30.4 Å². The van der Waals surface area contributed by atoms with Crippen LogP contribution in [-0.4, -0.2) is 35.3 Å². The molecule has 3 aromatic rings. The highest BCUT2D eigenvalue weighted by Crippen LogP contribution is 2.36. The number of benzene rings is 3. The topological polar surface area (TPSA) is 63.2 Å². The van der Waals surface area contributed by atoms with Gasteiger partial charge in [-0.05, 0) is 47.5 Å². The van der Waals surface area contributed by atoms with E-state index in [4.69, 9.17) is 21.2 Å². The van der Waals surface area contributed by atoms with Gasteiger partial charge in [0.15, 0.2) is 0 Å². The van der Waals surface area contributed by atoms with Gasteiger partial charge >= 0.3 is 6.03 Å². The van der Waals surface area contributed by atoms with Crippen molar-refractivity contribution in [3.63, 3.8) is 0 Å². The molecule has 0 atom stereocenters. The van der Waals surface area contributed by atoms with Gasteiger partial charge in [-0.1, -0.05) is 59.2 Å². The van der Waals surface area contributed by atoms with Crippen LogP contribution in [0.15, 0.2) is 84.0 Å². The third-order valence-electron chi connectivity index (χ3n) is 6.33. The second kappa shape index (κ2) is 9.77. The van der Waals surface area contributed by atoms with Crippen molar-refractivity contribution in [2.75, 3.05) is 18.4 Å². The fourth-order valence-electron chi connectivity index (χ4n) is 4.28. The number of likely N-dealkylation sites (tertiary alicyclic amines) is 1. The molecule has 0 aliphatic carbocycles. The number of urea groups is 1. The van der Waals surface area contributed by atoms with E-state index < -0.39 is 0 Å². The molecule has 0 aromatic heterocycles. The van der Waals surface area contributed by atoms with E-state index in [2.05, 4.69) is 10.5 Å². The van der Waals surface area contributed by atoms with Crippen LogP contribution >= 0.6 is 11.6 Å². The van der Waals surface area contributed by atoms with Gasteiger partial charge in [0.1, 0.15) is 18.0 Å². The monoisotopic (exact) mass is 475 g/mol. The van der Waals surface area contributed by atoms with Gasteiger partial charge in [-0.3, -0.25) is 0 Å². The number of hydrogen-bond donors (Lipinski definition) is 1. The Bertz CT molecular complexity index is 1160. The smallest absolute Gasteiger partial charge is 0.321 e. The molecule has 1 fully saturated rings. The number of ether oxygens (including phenoxy) is 1. The number of amides is 2. The summed E-state index contributed by atoms with van der Waals surface area (Å²) in [7, 11) is 0. The van der Waals surface area contributed by atoms with Gasteiger partial charge < -0.3 is 19.8 Å². The fourth-order valence-corrected chi connectivity index (χ4v) is 4.41. The molecule has 0 unspecified atom stereocenters. The molecule has 1 saturated heterocycles. The van der Waals surface area contributed by atoms with Gasteiger partial charge in [0.2, 0.25) is 0 Å². The molecule has 0 radical (unpaired) electrons. The van der Waals surface area contributed by atoms with Crippen molar-refractivity contribution in [3.05, 3.63) is 95.0 Å². The predicted octanol–water partition coefficient (Wildman–Crippen LogP) is 6.11. The highest BCUT2D eigenvalue weighted by Gasteiger charge is 2.43. The van der Waals surface area contributed by atoms with E-state index in [9.17, 15) is 4.79 Å². The SMILES string of the molecule is O=C(Nc1ccc(OCc2ccccc2)cc1)N1CCC2(CC1)CC(c1ccc(Cl)cc1)=NO2. The molecule has 2 aliphatic rings. The van der Waals surface area contributed by atoms with E-state index in [1.165, 1.54) is 0 Å². The molecule has 1 spiro atoms. The van der Waals surface area contributed by atoms with Gasteiger partial charge in [-0.15, -0.1) is 0 Å². The van der Waals surface area contributed by atoms with E-state index in [0.717, 1.165) is 47.5 Å². The average Bonchev–Trinajstić information content (AvgIpc) is 3.28. The molecule has 174 valence electrons. The first kappa shape index (κ1) is 22.3. The van der Waals surface area contributed by atoms with Crippen LogP contribution in [-0.2, 0) is 11.4 Å². The Morgan fingerprint density at radius 3 is 2.41 bits per heavy atom. The Kier molecular flexibility index (Phi) is 6.41. The maximum Gasteiger partial charge on any atom is 0.321 e. The normalized spacial score (nSPS) is 16.6. The summed E-state index contributed by atoms with van der Waals surface area (Å²) < 4.78 is 5.81. The molecule has 0 bridgehead atoms. The highest BCUT2D eigenvalue weighted by molar-refractivity contribution is 6.30. The second-order valence-corrected chi connectivity index (χ2v) is 9.15. The zero-order valence-corrected chi connectivity index (χ0v) is 19.5. The fraction of sp³-hybridized carbons (Fsp3) is 0.259. The number of rotatable bonds is 5. The Morgan fingerprint density at radius 1 is 1.00 bits per heavy atom. The lowest BCUT2D eigenvalue weighted by Crippen LogP contribution is -2.48. The van der Waals surface area contributed by atoms with Gasteiger partial charge in [0, 0.05) is 43.1 Å². The van der Waals surface area contributed by atoms with E-state index in [-0.39, 0.29) is 11.6 Å². The summed E-state index contributed by atoms with van der Waals surface area (Å²) in [5.41, 5.74) is 3.48. The third-order valence-corrected chi connectivity index (χ3v) is 6.58. The predicted molar refractivity (Wildman–Crippen MR) is 133 cm³/mol. The third kappa shape index (κ3) is 5.18. The zero-order valence-electron chi connectivity index (χ0n) is 18.7. The lowest BCUT2D eigenvalue weighted by Gasteiger charge is -2.37. The molecule has 34 heavy (non-hydrogen) atoms. The van der Waals surface area contributed by atoms with Crippen molar-refractivity contribution < 1.29 is 14.4 Å². The number of nitrogens with zero attached hydrogens (tertiary/aromatic N) is 2. The van der Waals surface area contributed by atoms with Crippen LogP contribution in [0, 0.1) is 0 Å². The second-order valence-electron chi connectivity index (χ2n) is 8.71. The summed E-state index contributed by atoms with van der Waals surface area (Å²) in [5.74, 6) is 0.761. The largest absolute Gasteiger partial charge is 0.489 e. The minimum absolute atomic E-state index is 0.107. The van der Waals surface area contributed by atoms with Crippen LogP contribution in [0.25, 0.3) is 0 Å². The van der Waals surface area contributed by atoms with Crippen molar-refractivity contribution in [2.45, 2.75) is 31.5 Å². The molecule has 2 aliphatic heterocycles. The van der Waals surface area contributed by atoms with Crippen molar-refractivity contribution in [3.8, 4) is 5.75 Å². The van der Waals surface area contributed by atoms with Gasteiger partial charge in [0.05, 0.1) is 5.71 Å². The molecule has 1 N–H and O–H groups in total. The standard InChI is InChI=1S/C27H26ClN3O3/c28-22-8-6-21(7-9-22)25-18-27(34-30-25)14-16-31(17-15-27)26(32)29-23-10-12-24(13-11-23)33-19-20-4-2-1-3-5-20/h1-13H,14-19H2,(H,29,32). The first-order valence-electron chi connectivity index (χ1n) is 11.4. The molecule has 0 saturated carbocycles. The number of nitrogens with one attached hydrogen (secondary N) is 1. The molecular formula is C27H26ClN3O3. The van der Waals surface area contributed by atoms with Gasteiger partial charge in [-0.2, -0.15) is 0 Å². The number of halogens is 1. The van der Waals surface area contributed by atoms with E-state index >= 15 is 0 Å². The first-order valence-corrected chi connectivity index (χ1v) is 11.8. The number of anilines is 1. The summed E-state index contributed by atoms with van der Waals surface area (Å²) in [6.07, 6.45) is 2.23. The lowest BCUT2D eigenvalue weighted by atomic mass is 9.85.